The first-order valence-electron chi connectivity index (χ1n) is 8.64. The third kappa shape index (κ3) is 3.33. The first-order valence-corrected chi connectivity index (χ1v) is 8.64. The number of benzene rings is 2. The summed E-state index contributed by atoms with van der Waals surface area (Å²) in [5, 5.41) is 0. The molecule has 0 N–H and O–H groups in total. The van der Waals surface area contributed by atoms with E-state index < -0.39 is 11.4 Å². The van der Waals surface area contributed by atoms with Crippen LogP contribution < -0.4 is 18.9 Å². The SMILES string of the molecule is COc1ccc(C2(c3cc(OC)c(OC)c(OC)c3)C=CC=CC=N2)cc1F. The van der Waals surface area contributed by atoms with Crippen molar-refractivity contribution in [2.24, 2.45) is 4.99 Å². The fourth-order valence-corrected chi connectivity index (χ4v) is 3.23. The van der Waals surface area contributed by atoms with Gasteiger partial charge in [0.25, 0.3) is 0 Å². The Balaban J connectivity index is 2.29. The second-order valence-corrected chi connectivity index (χ2v) is 6.05. The number of hydrogen-bond donors (Lipinski definition) is 0. The van der Waals surface area contributed by atoms with E-state index in [9.17, 15) is 4.39 Å². The fourth-order valence-electron chi connectivity index (χ4n) is 3.23. The first-order chi connectivity index (χ1) is 13.6. The molecule has 0 aromatic heterocycles. The molecule has 6 heteroatoms. The highest BCUT2D eigenvalue weighted by molar-refractivity contribution is 5.74. The highest BCUT2D eigenvalue weighted by Crippen LogP contribution is 2.45. The van der Waals surface area contributed by atoms with Gasteiger partial charge in [0.1, 0.15) is 5.54 Å². The van der Waals surface area contributed by atoms with Crippen LogP contribution in [0.3, 0.4) is 0 Å². The van der Waals surface area contributed by atoms with Gasteiger partial charge in [-0.1, -0.05) is 18.2 Å². The Morgan fingerprint density at radius 2 is 1.43 bits per heavy atom. The van der Waals surface area contributed by atoms with E-state index in [0.717, 1.165) is 5.56 Å². The molecule has 2 aromatic rings. The van der Waals surface area contributed by atoms with Crippen molar-refractivity contribution < 1.29 is 23.3 Å². The zero-order chi connectivity index (χ0) is 20.1. The second kappa shape index (κ2) is 8.17. The highest BCUT2D eigenvalue weighted by Gasteiger charge is 2.34. The second-order valence-electron chi connectivity index (χ2n) is 6.05. The Hall–Kier alpha value is -3.28. The monoisotopic (exact) mass is 383 g/mol. The van der Waals surface area contributed by atoms with Crippen LogP contribution in [0, 0.1) is 5.82 Å². The van der Waals surface area contributed by atoms with E-state index in [1.807, 2.05) is 36.4 Å². The standard InChI is InChI=1S/C22H22FNO4/c1-25-18-9-8-15(12-17(18)23)22(10-6-5-7-11-24-22)16-13-19(26-2)21(28-4)20(14-16)27-3/h5-14H,1-4H3. The van der Waals surface area contributed by atoms with Crippen LogP contribution >= 0.6 is 0 Å². The minimum absolute atomic E-state index is 0.170. The summed E-state index contributed by atoms with van der Waals surface area (Å²) in [6.07, 6.45) is 9.14. The minimum Gasteiger partial charge on any atom is -0.494 e. The van der Waals surface area contributed by atoms with Gasteiger partial charge in [-0.3, -0.25) is 4.99 Å². The number of hydrogen-bond acceptors (Lipinski definition) is 5. The largest absolute Gasteiger partial charge is 0.494 e. The van der Waals surface area contributed by atoms with Crippen molar-refractivity contribution in [2.75, 3.05) is 28.4 Å². The lowest BCUT2D eigenvalue weighted by Crippen LogP contribution is -2.23. The van der Waals surface area contributed by atoms with Gasteiger partial charge in [0.15, 0.2) is 23.1 Å². The smallest absolute Gasteiger partial charge is 0.203 e. The summed E-state index contributed by atoms with van der Waals surface area (Å²) in [7, 11) is 6.08. The maximum atomic E-state index is 14.5. The number of nitrogens with zero attached hydrogens (tertiary/aromatic N) is 1. The molecular formula is C22H22FNO4. The first kappa shape index (κ1) is 19.5. The van der Waals surface area contributed by atoms with Gasteiger partial charge in [-0.2, -0.15) is 0 Å². The van der Waals surface area contributed by atoms with Crippen LogP contribution in [0.15, 0.2) is 59.6 Å². The third-order valence-electron chi connectivity index (χ3n) is 4.62. The summed E-state index contributed by atoms with van der Waals surface area (Å²) >= 11 is 0. The summed E-state index contributed by atoms with van der Waals surface area (Å²) in [5.41, 5.74) is 0.391. The fraction of sp³-hybridized carbons (Fsp3) is 0.227. The lowest BCUT2D eigenvalue weighted by Gasteiger charge is -2.29. The van der Waals surface area contributed by atoms with E-state index in [2.05, 4.69) is 0 Å². The number of ether oxygens (including phenoxy) is 4. The summed E-state index contributed by atoms with van der Waals surface area (Å²) in [5.74, 6) is 1.16. The lowest BCUT2D eigenvalue weighted by molar-refractivity contribution is 0.323. The normalized spacial score (nSPS) is 17.9. The van der Waals surface area contributed by atoms with E-state index in [1.54, 1.807) is 39.7 Å². The van der Waals surface area contributed by atoms with Crippen LogP contribution in [-0.4, -0.2) is 34.7 Å². The van der Waals surface area contributed by atoms with Crippen molar-refractivity contribution in [2.45, 2.75) is 5.54 Å². The Morgan fingerprint density at radius 3 is 2.00 bits per heavy atom. The molecule has 1 aliphatic heterocycles. The number of aliphatic imine (C=N–C) groups is 1. The topological polar surface area (TPSA) is 49.3 Å². The summed E-state index contributed by atoms with van der Waals surface area (Å²) in [6, 6.07) is 8.44. The molecule has 146 valence electrons. The number of rotatable bonds is 6. The van der Waals surface area contributed by atoms with Crippen LogP contribution in [-0.2, 0) is 5.54 Å². The van der Waals surface area contributed by atoms with Crippen molar-refractivity contribution in [3.63, 3.8) is 0 Å². The van der Waals surface area contributed by atoms with Gasteiger partial charge in [-0.05, 0) is 47.5 Å². The van der Waals surface area contributed by atoms with E-state index in [0.29, 0.717) is 22.8 Å². The van der Waals surface area contributed by atoms with Gasteiger partial charge in [-0.25, -0.2) is 4.39 Å². The maximum absolute atomic E-state index is 14.5. The van der Waals surface area contributed by atoms with Crippen molar-refractivity contribution in [1.82, 2.24) is 0 Å². The lowest BCUT2D eigenvalue weighted by atomic mass is 9.82. The van der Waals surface area contributed by atoms with Crippen LogP contribution in [0.1, 0.15) is 11.1 Å². The van der Waals surface area contributed by atoms with E-state index in [4.69, 9.17) is 23.9 Å². The van der Waals surface area contributed by atoms with Gasteiger partial charge in [0.2, 0.25) is 5.75 Å². The molecule has 1 heterocycles. The molecular weight excluding hydrogens is 361 g/mol. The Labute approximate surface area is 163 Å². The molecule has 1 unspecified atom stereocenters. The summed E-state index contributed by atoms with van der Waals surface area (Å²) in [6.45, 7) is 0. The Morgan fingerprint density at radius 1 is 0.750 bits per heavy atom. The van der Waals surface area contributed by atoms with Crippen molar-refractivity contribution in [3.05, 3.63) is 71.6 Å². The van der Waals surface area contributed by atoms with E-state index in [-0.39, 0.29) is 5.75 Å². The van der Waals surface area contributed by atoms with Gasteiger partial charge in [-0.15, -0.1) is 0 Å². The van der Waals surface area contributed by atoms with Gasteiger partial charge in [0.05, 0.1) is 28.4 Å². The molecule has 28 heavy (non-hydrogen) atoms. The molecule has 0 aliphatic carbocycles. The molecule has 2 aromatic carbocycles. The Kier molecular flexibility index (Phi) is 5.68. The van der Waals surface area contributed by atoms with E-state index >= 15 is 0 Å². The average Bonchev–Trinajstić information content (AvgIpc) is 2.99. The molecule has 0 saturated carbocycles. The number of halogens is 1. The minimum atomic E-state index is -0.983. The molecule has 3 rings (SSSR count). The van der Waals surface area contributed by atoms with Crippen molar-refractivity contribution in [1.29, 1.82) is 0 Å². The summed E-state index contributed by atoms with van der Waals surface area (Å²) < 4.78 is 36.0. The maximum Gasteiger partial charge on any atom is 0.203 e. The predicted molar refractivity (Wildman–Crippen MR) is 107 cm³/mol. The molecule has 0 amide bonds. The van der Waals surface area contributed by atoms with Crippen LogP contribution in [0.4, 0.5) is 4.39 Å². The molecule has 0 saturated heterocycles. The molecule has 0 radical (unpaired) electrons. The van der Waals surface area contributed by atoms with Gasteiger partial charge < -0.3 is 18.9 Å². The van der Waals surface area contributed by atoms with Crippen molar-refractivity contribution in [3.8, 4) is 23.0 Å². The average molecular weight is 383 g/mol. The molecule has 1 atom stereocenters. The highest BCUT2D eigenvalue weighted by atomic mass is 19.1. The molecule has 0 spiro atoms. The van der Waals surface area contributed by atoms with Crippen molar-refractivity contribution >= 4 is 6.21 Å². The summed E-state index contributed by atoms with van der Waals surface area (Å²) in [4.78, 5) is 4.74. The van der Waals surface area contributed by atoms with Gasteiger partial charge in [0, 0.05) is 6.21 Å². The quantitative estimate of drug-likeness (QED) is 0.746. The number of methoxy groups -OCH3 is 4. The molecule has 1 aliphatic rings. The zero-order valence-electron chi connectivity index (χ0n) is 16.2. The number of allylic oxidation sites excluding steroid dienone is 3. The molecule has 0 fully saturated rings. The van der Waals surface area contributed by atoms with Crippen LogP contribution in [0.25, 0.3) is 0 Å². The predicted octanol–water partition coefficient (Wildman–Crippen LogP) is 4.30. The molecule has 0 bridgehead atoms. The third-order valence-corrected chi connectivity index (χ3v) is 4.62. The van der Waals surface area contributed by atoms with Gasteiger partial charge >= 0.3 is 0 Å². The Bertz CT molecular complexity index is 909. The van der Waals surface area contributed by atoms with Crippen LogP contribution in [0.5, 0.6) is 23.0 Å². The van der Waals surface area contributed by atoms with E-state index in [1.165, 1.54) is 13.2 Å². The molecule has 5 nitrogen and oxygen atoms in total. The zero-order valence-corrected chi connectivity index (χ0v) is 16.2. The van der Waals surface area contributed by atoms with Crippen LogP contribution in [0.2, 0.25) is 0 Å².